The van der Waals surface area contributed by atoms with E-state index in [2.05, 4.69) is 0 Å². The first-order chi connectivity index (χ1) is 7.89. The third-order valence-electron chi connectivity index (χ3n) is 3.34. The van der Waals surface area contributed by atoms with Crippen molar-refractivity contribution in [3.05, 3.63) is 35.1 Å². The number of halogens is 4. The van der Waals surface area contributed by atoms with Crippen molar-refractivity contribution in [1.29, 1.82) is 0 Å². The summed E-state index contributed by atoms with van der Waals surface area (Å²) in [4.78, 5) is 0. The largest absolute Gasteiger partial charge is 0.416 e. The lowest BCUT2D eigenvalue weighted by molar-refractivity contribution is -0.137. The van der Waals surface area contributed by atoms with Gasteiger partial charge in [-0.3, -0.25) is 0 Å². The highest BCUT2D eigenvalue weighted by Crippen LogP contribution is 2.38. The molecule has 1 aromatic rings. The van der Waals surface area contributed by atoms with Gasteiger partial charge in [0.25, 0.3) is 0 Å². The van der Waals surface area contributed by atoms with Gasteiger partial charge in [0.2, 0.25) is 0 Å². The molecule has 0 unspecified atom stereocenters. The molecule has 1 aromatic carbocycles. The van der Waals surface area contributed by atoms with Crippen molar-refractivity contribution in [2.24, 2.45) is 11.7 Å². The Kier molecular flexibility index (Phi) is 3.12. The number of alkyl halides is 3. The molecule has 0 heterocycles. The summed E-state index contributed by atoms with van der Waals surface area (Å²) < 4.78 is 50.6. The summed E-state index contributed by atoms with van der Waals surface area (Å²) in [7, 11) is 0. The molecule has 94 valence electrons. The Morgan fingerprint density at radius 3 is 2.29 bits per heavy atom. The first kappa shape index (κ1) is 12.4. The predicted molar refractivity (Wildman–Crippen MR) is 55.7 cm³/mol. The Labute approximate surface area is 96.6 Å². The molecule has 0 spiro atoms. The van der Waals surface area contributed by atoms with Gasteiger partial charge in [-0.15, -0.1) is 0 Å². The van der Waals surface area contributed by atoms with Gasteiger partial charge in [-0.25, -0.2) is 4.39 Å². The number of hydrogen-bond donors (Lipinski definition) is 1. The van der Waals surface area contributed by atoms with Crippen molar-refractivity contribution in [2.45, 2.75) is 31.5 Å². The molecule has 0 radical (unpaired) electrons. The molecule has 1 aliphatic rings. The molecular formula is C12H13F4N. The van der Waals surface area contributed by atoms with Gasteiger partial charge < -0.3 is 5.73 Å². The highest BCUT2D eigenvalue weighted by Gasteiger charge is 2.33. The maximum Gasteiger partial charge on any atom is 0.416 e. The van der Waals surface area contributed by atoms with Crippen LogP contribution < -0.4 is 5.73 Å². The number of rotatable bonds is 2. The molecule has 0 bridgehead atoms. The molecule has 1 saturated carbocycles. The Morgan fingerprint density at radius 2 is 1.88 bits per heavy atom. The smallest absolute Gasteiger partial charge is 0.324 e. The van der Waals surface area contributed by atoms with E-state index < -0.39 is 23.6 Å². The fourth-order valence-electron chi connectivity index (χ4n) is 2.03. The third kappa shape index (κ3) is 2.44. The quantitative estimate of drug-likeness (QED) is 0.793. The maximum absolute atomic E-state index is 13.6. The molecule has 0 saturated heterocycles. The van der Waals surface area contributed by atoms with Crippen LogP contribution in [0.1, 0.15) is 36.4 Å². The van der Waals surface area contributed by atoms with Crippen LogP contribution >= 0.6 is 0 Å². The monoisotopic (exact) mass is 247 g/mol. The minimum absolute atomic E-state index is 0.183. The zero-order valence-electron chi connectivity index (χ0n) is 9.10. The van der Waals surface area contributed by atoms with Crippen molar-refractivity contribution in [2.75, 3.05) is 0 Å². The fraction of sp³-hybridized carbons (Fsp3) is 0.500. The Morgan fingerprint density at radius 1 is 1.24 bits per heavy atom. The molecule has 1 aliphatic carbocycles. The number of nitrogens with two attached hydrogens (primary N) is 1. The van der Waals surface area contributed by atoms with Gasteiger partial charge in [0.15, 0.2) is 0 Å². The van der Waals surface area contributed by atoms with Gasteiger partial charge in [-0.05, 0) is 30.9 Å². The minimum Gasteiger partial charge on any atom is -0.324 e. The van der Waals surface area contributed by atoms with Crippen molar-refractivity contribution < 1.29 is 17.6 Å². The molecule has 1 nitrogen and oxygen atoms in total. The summed E-state index contributed by atoms with van der Waals surface area (Å²) in [5.41, 5.74) is 5.05. The van der Waals surface area contributed by atoms with Crippen LogP contribution in [0.5, 0.6) is 0 Å². The van der Waals surface area contributed by atoms with Crippen molar-refractivity contribution in [3.8, 4) is 0 Å². The normalized spacial score (nSPS) is 18.9. The molecule has 0 aliphatic heterocycles. The van der Waals surface area contributed by atoms with Crippen LogP contribution in [-0.4, -0.2) is 0 Å². The Balaban J connectivity index is 2.25. The lowest BCUT2D eigenvalue weighted by atomic mass is 9.77. The van der Waals surface area contributed by atoms with Crippen molar-refractivity contribution in [3.63, 3.8) is 0 Å². The van der Waals surface area contributed by atoms with Gasteiger partial charge in [0, 0.05) is 11.6 Å². The van der Waals surface area contributed by atoms with E-state index in [-0.39, 0.29) is 11.5 Å². The molecule has 2 N–H and O–H groups in total. The summed E-state index contributed by atoms with van der Waals surface area (Å²) in [6.07, 6.45) is -1.62. The standard InChI is InChI=1S/C12H13F4N/c13-10-6-8(12(14,15)16)4-5-9(10)11(17)7-2-1-3-7/h4-7,11H,1-3,17H2/t11-/m0/s1. The molecule has 0 aromatic heterocycles. The van der Waals surface area contributed by atoms with E-state index in [4.69, 9.17) is 5.73 Å². The van der Waals surface area contributed by atoms with Crippen molar-refractivity contribution >= 4 is 0 Å². The van der Waals surface area contributed by atoms with E-state index in [0.717, 1.165) is 31.4 Å². The molecule has 1 fully saturated rings. The second kappa shape index (κ2) is 4.29. The van der Waals surface area contributed by atoms with Gasteiger partial charge in [-0.1, -0.05) is 12.5 Å². The van der Waals surface area contributed by atoms with E-state index in [0.29, 0.717) is 6.07 Å². The SMILES string of the molecule is N[C@H](c1ccc(C(F)(F)F)cc1F)C1CCC1. The number of benzene rings is 1. The van der Waals surface area contributed by atoms with Crippen LogP contribution in [0.15, 0.2) is 18.2 Å². The molecule has 2 rings (SSSR count). The van der Waals surface area contributed by atoms with Crippen LogP contribution in [0.4, 0.5) is 17.6 Å². The Bertz CT molecular complexity index is 409. The van der Waals surface area contributed by atoms with Crippen molar-refractivity contribution in [1.82, 2.24) is 0 Å². The number of hydrogen-bond acceptors (Lipinski definition) is 1. The van der Waals surface area contributed by atoms with Gasteiger partial charge in [0.05, 0.1) is 5.56 Å². The first-order valence-electron chi connectivity index (χ1n) is 5.52. The van der Waals surface area contributed by atoms with Crippen LogP contribution in [0, 0.1) is 11.7 Å². The van der Waals surface area contributed by atoms with Gasteiger partial charge in [-0.2, -0.15) is 13.2 Å². The molecule has 1 atom stereocenters. The second-order valence-electron chi connectivity index (χ2n) is 4.45. The van der Waals surface area contributed by atoms with Crippen LogP contribution in [0.25, 0.3) is 0 Å². The average molecular weight is 247 g/mol. The third-order valence-corrected chi connectivity index (χ3v) is 3.34. The van der Waals surface area contributed by atoms with E-state index in [9.17, 15) is 17.6 Å². The second-order valence-corrected chi connectivity index (χ2v) is 4.45. The van der Waals surface area contributed by atoms with Gasteiger partial charge >= 0.3 is 6.18 Å². The Hall–Kier alpha value is -1.10. The first-order valence-corrected chi connectivity index (χ1v) is 5.52. The van der Waals surface area contributed by atoms with Gasteiger partial charge in [0.1, 0.15) is 5.82 Å². The zero-order chi connectivity index (χ0) is 12.6. The lowest BCUT2D eigenvalue weighted by Crippen LogP contribution is -2.27. The summed E-state index contributed by atoms with van der Waals surface area (Å²) in [5, 5.41) is 0. The van der Waals surface area contributed by atoms with E-state index >= 15 is 0 Å². The minimum atomic E-state index is -4.51. The molecule has 17 heavy (non-hydrogen) atoms. The van der Waals surface area contributed by atoms with E-state index in [1.807, 2.05) is 0 Å². The molecule has 0 amide bonds. The molecular weight excluding hydrogens is 234 g/mol. The topological polar surface area (TPSA) is 26.0 Å². The lowest BCUT2D eigenvalue weighted by Gasteiger charge is -2.31. The van der Waals surface area contributed by atoms with E-state index in [1.54, 1.807) is 0 Å². The highest BCUT2D eigenvalue weighted by molar-refractivity contribution is 5.29. The summed E-state index contributed by atoms with van der Waals surface area (Å²) >= 11 is 0. The van der Waals surface area contributed by atoms with E-state index in [1.165, 1.54) is 0 Å². The highest BCUT2D eigenvalue weighted by atomic mass is 19.4. The van der Waals surface area contributed by atoms with Crippen LogP contribution in [-0.2, 0) is 6.18 Å². The molecule has 5 heteroatoms. The maximum atomic E-state index is 13.6. The summed E-state index contributed by atoms with van der Waals surface area (Å²) in [6, 6.07) is 2.07. The average Bonchev–Trinajstić information content (AvgIpc) is 2.12. The fourth-order valence-corrected chi connectivity index (χ4v) is 2.03. The predicted octanol–water partition coefficient (Wildman–Crippen LogP) is 3.64. The summed E-state index contributed by atoms with van der Waals surface area (Å²) in [6.45, 7) is 0. The van der Waals surface area contributed by atoms with Crippen LogP contribution in [0.3, 0.4) is 0 Å². The summed E-state index contributed by atoms with van der Waals surface area (Å²) in [5.74, 6) is -0.666. The zero-order valence-corrected chi connectivity index (χ0v) is 9.10. The van der Waals surface area contributed by atoms with Crippen LogP contribution in [0.2, 0.25) is 0 Å².